The Balaban J connectivity index is -0.00000135. The van der Waals surface area contributed by atoms with E-state index in [0.717, 1.165) is 53.3 Å². The van der Waals surface area contributed by atoms with Crippen molar-refractivity contribution in [1.29, 1.82) is 0 Å². The molecule has 0 saturated heterocycles. The Bertz CT molecular complexity index is 1310. The van der Waals surface area contributed by atoms with E-state index in [1.165, 1.54) is 462 Å². The summed E-state index contributed by atoms with van der Waals surface area (Å²) in [5.74, 6) is 8.75. The van der Waals surface area contributed by atoms with Crippen LogP contribution in [-0.2, 0) is 0 Å². The molecule has 0 aliphatic rings. The first-order valence-corrected chi connectivity index (χ1v) is 46.9. The lowest BCUT2D eigenvalue weighted by Crippen LogP contribution is -2.12. The van der Waals surface area contributed by atoms with Gasteiger partial charge in [-0.1, -0.05) is 566 Å². The summed E-state index contributed by atoms with van der Waals surface area (Å²) in [5.41, 5.74) is 0. The summed E-state index contributed by atoms with van der Waals surface area (Å²) in [6.07, 6.45) is 105. The first-order valence-electron chi connectivity index (χ1n) is 46.9. The second kappa shape index (κ2) is 85.6. The van der Waals surface area contributed by atoms with E-state index in [1.54, 1.807) is 0 Å². The van der Waals surface area contributed by atoms with Crippen LogP contribution in [0.15, 0.2) is 0 Å². The highest BCUT2D eigenvalue weighted by Crippen LogP contribution is 2.31. The van der Waals surface area contributed by atoms with Gasteiger partial charge in [0.1, 0.15) is 0 Å². The molecule has 0 N–H and O–H groups in total. The van der Waals surface area contributed by atoms with Crippen molar-refractivity contribution >= 4 is 0 Å². The maximum atomic E-state index is 2.57. The van der Waals surface area contributed by atoms with Crippen molar-refractivity contribution in [2.45, 2.75) is 566 Å². The van der Waals surface area contributed by atoms with Gasteiger partial charge >= 0.3 is 0 Å². The van der Waals surface area contributed by atoms with Crippen LogP contribution in [0.4, 0.5) is 0 Å². The van der Waals surface area contributed by atoms with Crippen molar-refractivity contribution in [1.82, 2.24) is 0 Å². The van der Waals surface area contributed by atoms with Gasteiger partial charge in [0.05, 0.1) is 0 Å². The van der Waals surface area contributed by atoms with E-state index in [-0.39, 0.29) is 0 Å². The van der Waals surface area contributed by atoms with Gasteiger partial charge in [0.15, 0.2) is 0 Å². The van der Waals surface area contributed by atoms with Crippen LogP contribution in [0.25, 0.3) is 0 Å². The van der Waals surface area contributed by atoms with Crippen LogP contribution in [0, 0.1) is 53.3 Å². The molecular formula is C96H198. The van der Waals surface area contributed by atoms with Gasteiger partial charge in [0.25, 0.3) is 0 Å². The third kappa shape index (κ3) is 81.3. The molecule has 0 fully saturated rings. The quantitative estimate of drug-likeness (QED) is 0.0533. The standard InChI is InChI=1S/3C32H66/c1-6-9-25-31(5)27-21-16-12-10-11-13-18-22-28-32(8-3)29-23-19-15-14-17-20-26-30(4)24-7-2;1-6-9-11-12-13-14-15-19-22-26-32(25-10-7-2)27-23-20-17-16-18-21-24-31(5)29-28-30(4)8-3;1-6-9-11-12-13-14-15-16-17-18-19-23-27-31(5)32(28-10-7-2)29-24-21-20-22-26-30(4)25-8-3/h3*30-32H,6-29H2,1-5H3. The van der Waals surface area contributed by atoms with E-state index >= 15 is 0 Å². The summed E-state index contributed by atoms with van der Waals surface area (Å²) < 4.78 is 0. The van der Waals surface area contributed by atoms with E-state index < -0.39 is 0 Å². The van der Waals surface area contributed by atoms with Crippen molar-refractivity contribution in [2.24, 2.45) is 53.3 Å². The maximum absolute atomic E-state index is 2.57. The first-order chi connectivity index (χ1) is 46.9. The van der Waals surface area contributed by atoms with Gasteiger partial charge in [-0.15, -0.1) is 0 Å². The summed E-state index contributed by atoms with van der Waals surface area (Å²) >= 11 is 0. The molecule has 0 aliphatic heterocycles. The fraction of sp³-hybridized carbons (Fsp3) is 1.00. The highest BCUT2D eigenvalue weighted by Gasteiger charge is 2.17. The highest BCUT2D eigenvalue weighted by molar-refractivity contribution is 4.69. The molecule has 0 amide bonds. The molecule has 9 atom stereocenters. The lowest BCUT2D eigenvalue weighted by Gasteiger charge is -2.24. The van der Waals surface area contributed by atoms with Crippen molar-refractivity contribution < 1.29 is 0 Å². The average molecular weight is 1350 g/mol. The summed E-state index contributed by atoms with van der Waals surface area (Å²) in [4.78, 5) is 0. The van der Waals surface area contributed by atoms with Crippen molar-refractivity contribution in [3.05, 3.63) is 0 Å². The number of hydrogen-bond acceptors (Lipinski definition) is 0. The normalized spacial score (nSPS) is 14.5. The number of hydrogen-bond donors (Lipinski definition) is 0. The van der Waals surface area contributed by atoms with Crippen molar-refractivity contribution in [2.75, 3.05) is 0 Å². The van der Waals surface area contributed by atoms with Crippen LogP contribution >= 0.6 is 0 Å². The molecule has 0 rings (SSSR count). The molecule has 0 aromatic heterocycles. The lowest BCUT2D eigenvalue weighted by atomic mass is 9.82. The van der Waals surface area contributed by atoms with Gasteiger partial charge in [-0.3, -0.25) is 0 Å². The van der Waals surface area contributed by atoms with E-state index in [9.17, 15) is 0 Å². The third-order valence-corrected chi connectivity index (χ3v) is 24.2. The molecule has 0 aromatic carbocycles. The minimum absolute atomic E-state index is 0.930. The molecule has 9 unspecified atom stereocenters. The Morgan fingerprint density at radius 3 is 0.656 bits per heavy atom. The molecule has 0 bridgehead atoms. The van der Waals surface area contributed by atoms with Gasteiger partial charge in [-0.25, -0.2) is 0 Å². The average Bonchev–Trinajstić information content (AvgIpc) is 3.48. The van der Waals surface area contributed by atoms with Crippen molar-refractivity contribution in [3.8, 4) is 0 Å². The fourth-order valence-corrected chi connectivity index (χ4v) is 16.3. The Kier molecular flexibility index (Phi) is 89.4. The highest BCUT2D eigenvalue weighted by atomic mass is 14.2. The van der Waals surface area contributed by atoms with E-state index in [2.05, 4.69) is 104 Å². The summed E-state index contributed by atoms with van der Waals surface area (Å²) in [7, 11) is 0. The Morgan fingerprint density at radius 2 is 0.344 bits per heavy atom. The molecule has 96 heavy (non-hydrogen) atoms. The Labute approximate surface area is 615 Å². The summed E-state index contributed by atoms with van der Waals surface area (Å²) in [6, 6.07) is 0. The molecule has 0 saturated carbocycles. The van der Waals surface area contributed by atoms with Crippen molar-refractivity contribution in [3.63, 3.8) is 0 Å². The van der Waals surface area contributed by atoms with Crippen LogP contribution in [0.2, 0.25) is 0 Å². The molecule has 0 nitrogen and oxygen atoms in total. The Hall–Kier alpha value is 0. The SMILES string of the molecule is CCCCC(C)CCCCCCCCCCC(CC)CCCCCCCCC(C)CCC.CCCCCCCCCCCC(CCCC)CCCCCCCCC(C)CCC(C)CC.CCCCCCCCCCCCCCC(C)C(CCCC)CCCCCCC(C)CCC. The predicted molar refractivity (Wildman–Crippen MR) is 449 cm³/mol. The van der Waals surface area contributed by atoms with Gasteiger partial charge in [-0.05, 0) is 53.3 Å². The number of unbranched alkanes of at least 4 members (excludes halogenated alkanes) is 42. The van der Waals surface area contributed by atoms with Crippen LogP contribution < -0.4 is 0 Å². The van der Waals surface area contributed by atoms with Crippen LogP contribution in [0.3, 0.4) is 0 Å². The molecular weight excluding hydrogens is 1150 g/mol. The summed E-state index contributed by atoms with van der Waals surface area (Å²) in [6.45, 7) is 35.9. The second-order valence-electron chi connectivity index (χ2n) is 34.5. The third-order valence-electron chi connectivity index (χ3n) is 24.2. The minimum atomic E-state index is 0.930. The Morgan fingerprint density at radius 1 is 0.135 bits per heavy atom. The van der Waals surface area contributed by atoms with Gasteiger partial charge in [-0.2, -0.15) is 0 Å². The molecule has 0 heteroatoms. The fourth-order valence-electron chi connectivity index (χ4n) is 16.3. The predicted octanol–water partition coefficient (Wildman–Crippen LogP) is 36.9. The summed E-state index contributed by atoms with van der Waals surface area (Å²) in [5, 5.41) is 0. The van der Waals surface area contributed by atoms with E-state index in [4.69, 9.17) is 0 Å². The van der Waals surface area contributed by atoms with Gasteiger partial charge in [0.2, 0.25) is 0 Å². The van der Waals surface area contributed by atoms with Crippen LogP contribution in [0.5, 0.6) is 0 Å². The molecule has 582 valence electrons. The monoisotopic (exact) mass is 1350 g/mol. The second-order valence-corrected chi connectivity index (χ2v) is 34.5. The minimum Gasteiger partial charge on any atom is -0.0654 e. The van der Waals surface area contributed by atoms with Crippen LogP contribution in [-0.4, -0.2) is 0 Å². The largest absolute Gasteiger partial charge is 0.0654 e. The van der Waals surface area contributed by atoms with Gasteiger partial charge < -0.3 is 0 Å². The lowest BCUT2D eigenvalue weighted by molar-refractivity contribution is 0.276. The molecule has 0 spiro atoms. The van der Waals surface area contributed by atoms with E-state index in [1.807, 2.05) is 0 Å². The molecule has 0 radical (unpaired) electrons. The molecule has 0 heterocycles. The van der Waals surface area contributed by atoms with Crippen LogP contribution in [0.1, 0.15) is 566 Å². The number of rotatable bonds is 78. The van der Waals surface area contributed by atoms with Gasteiger partial charge in [0, 0.05) is 0 Å². The zero-order chi connectivity index (χ0) is 71.1. The zero-order valence-electron chi connectivity index (χ0n) is 71.1. The molecule has 0 aromatic rings. The maximum Gasteiger partial charge on any atom is -0.0388 e. The first kappa shape index (κ1) is 100. The molecule has 0 aliphatic carbocycles. The topological polar surface area (TPSA) is 0 Å². The smallest absolute Gasteiger partial charge is 0.0388 e. The zero-order valence-corrected chi connectivity index (χ0v) is 71.1. The van der Waals surface area contributed by atoms with E-state index in [0.29, 0.717) is 0 Å².